The van der Waals surface area contributed by atoms with Gasteiger partial charge < -0.3 is 4.74 Å². The summed E-state index contributed by atoms with van der Waals surface area (Å²) < 4.78 is 6.68. The van der Waals surface area contributed by atoms with E-state index in [4.69, 9.17) is 16.3 Å². The fourth-order valence-corrected chi connectivity index (χ4v) is 5.47. The number of aromatic nitrogens is 1. The van der Waals surface area contributed by atoms with E-state index in [1.807, 2.05) is 6.07 Å². The van der Waals surface area contributed by atoms with Crippen molar-refractivity contribution < 1.29 is 4.74 Å². The van der Waals surface area contributed by atoms with Crippen LogP contribution < -0.4 is 4.74 Å². The van der Waals surface area contributed by atoms with Gasteiger partial charge in [0.1, 0.15) is 12.4 Å². The van der Waals surface area contributed by atoms with Gasteiger partial charge in [-0.1, -0.05) is 90.5 Å². The predicted molar refractivity (Wildman–Crippen MR) is 139 cm³/mol. The largest absolute Gasteiger partial charge is 0.488 e. The Morgan fingerprint density at radius 1 is 0.824 bits per heavy atom. The lowest BCUT2D eigenvalue weighted by molar-refractivity contribution is 0.104. The molecule has 0 bridgehead atoms. The Bertz CT molecular complexity index is 1140. The van der Waals surface area contributed by atoms with Gasteiger partial charge in [-0.05, 0) is 17.2 Å². The van der Waals surface area contributed by atoms with Gasteiger partial charge in [-0.2, -0.15) is 0 Å². The molecule has 0 atom stereocenters. The van der Waals surface area contributed by atoms with Gasteiger partial charge in [0, 0.05) is 44.5 Å². The van der Waals surface area contributed by atoms with Crippen LogP contribution in [0.25, 0.3) is 0 Å². The monoisotopic (exact) mass is 489 g/mol. The zero-order chi connectivity index (χ0) is 23.2. The van der Waals surface area contributed by atoms with Crippen molar-refractivity contribution in [3.63, 3.8) is 0 Å². The molecule has 0 amide bonds. The van der Waals surface area contributed by atoms with Crippen molar-refractivity contribution in [1.82, 2.24) is 14.8 Å². The van der Waals surface area contributed by atoms with Gasteiger partial charge in [0.2, 0.25) is 0 Å². The van der Waals surface area contributed by atoms with E-state index < -0.39 is 0 Å². The Labute approximate surface area is 210 Å². The SMILES string of the molecule is Clc1ncc(COc2ccccc2CN2CCN(C(c3ccccc3)c3ccccc3)CC2)s1. The summed E-state index contributed by atoms with van der Waals surface area (Å²) >= 11 is 7.42. The van der Waals surface area contributed by atoms with Crippen LogP contribution in [0.3, 0.4) is 0 Å². The molecule has 0 N–H and O–H groups in total. The molecule has 6 heteroatoms. The smallest absolute Gasteiger partial charge is 0.183 e. The van der Waals surface area contributed by atoms with Gasteiger partial charge in [0.05, 0.1) is 10.9 Å². The van der Waals surface area contributed by atoms with Crippen molar-refractivity contribution in [1.29, 1.82) is 0 Å². The summed E-state index contributed by atoms with van der Waals surface area (Å²) in [5, 5.41) is 0. The Morgan fingerprint density at radius 2 is 1.44 bits per heavy atom. The number of hydrogen-bond acceptors (Lipinski definition) is 5. The minimum Gasteiger partial charge on any atom is -0.488 e. The van der Waals surface area contributed by atoms with Gasteiger partial charge in [-0.25, -0.2) is 4.98 Å². The van der Waals surface area contributed by atoms with Crippen LogP contribution >= 0.6 is 22.9 Å². The summed E-state index contributed by atoms with van der Waals surface area (Å²) in [5.74, 6) is 0.931. The van der Waals surface area contributed by atoms with Gasteiger partial charge >= 0.3 is 0 Å². The first-order valence-electron chi connectivity index (χ1n) is 11.6. The second-order valence-electron chi connectivity index (χ2n) is 8.51. The van der Waals surface area contributed by atoms with Crippen LogP contribution in [0.4, 0.5) is 0 Å². The van der Waals surface area contributed by atoms with E-state index in [0.717, 1.165) is 43.4 Å². The Kier molecular flexibility index (Phi) is 7.56. The number of benzene rings is 3. The molecular weight excluding hydrogens is 462 g/mol. The average Bonchev–Trinajstić information content (AvgIpc) is 3.31. The third-order valence-electron chi connectivity index (χ3n) is 6.26. The minimum absolute atomic E-state index is 0.284. The Balaban J connectivity index is 1.24. The van der Waals surface area contributed by atoms with Crippen LogP contribution in [0, 0.1) is 0 Å². The van der Waals surface area contributed by atoms with Gasteiger partial charge in [-0.3, -0.25) is 9.80 Å². The highest BCUT2D eigenvalue weighted by Crippen LogP contribution is 2.30. The first-order chi connectivity index (χ1) is 16.8. The van der Waals surface area contributed by atoms with Crippen molar-refractivity contribution in [3.05, 3.63) is 117 Å². The maximum absolute atomic E-state index is 6.13. The molecule has 3 aromatic carbocycles. The normalized spacial score (nSPS) is 15.0. The molecule has 2 heterocycles. The molecule has 0 radical (unpaired) electrons. The van der Waals surface area contributed by atoms with Crippen LogP contribution in [-0.4, -0.2) is 41.0 Å². The van der Waals surface area contributed by atoms with Crippen molar-refractivity contribution in [3.8, 4) is 5.75 Å². The molecule has 1 saturated heterocycles. The second-order valence-corrected chi connectivity index (χ2v) is 10.2. The number of rotatable bonds is 8. The van der Waals surface area contributed by atoms with Gasteiger partial charge in [0.25, 0.3) is 0 Å². The van der Waals surface area contributed by atoms with E-state index in [9.17, 15) is 0 Å². The molecular formula is C28H28ClN3OS. The fourth-order valence-electron chi connectivity index (χ4n) is 4.58. The van der Waals surface area contributed by atoms with E-state index in [1.165, 1.54) is 28.0 Å². The number of piperazine rings is 1. The highest BCUT2D eigenvalue weighted by molar-refractivity contribution is 7.15. The summed E-state index contributed by atoms with van der Waals surface area (Å²) in [6.45, 7) is 5.47. The van der Waals surface area contributed by atoms with E-state index in [1.54, 1.807) is 6.20 Å². The maximum atomic E-state index is 6.13. The average molecular weight is 490 g/mol. The summed E-state index contributed by atoms with van der Waals surface area (Å²) in [6, 6.07) is 30.3. The lowest BCUT2D eigenvalue weighted by atomic mass is 9.96. The molecule has 1 aromatic heterocycles. The number of halogens is 1. The van der Waals surface area contributed by atoms with Crippen molar-refractivity contribution >= 4 is 22.9 Å². The minimum atomic E-state index is 0.284. The Hall–Kier alpha value is -2.70. The molecule has 0 spiro atoms. The molecule has 1 aliphatic rings. The zero-order valence-corrected chi connectivity index (χ0v) is 20.6. The summed E-state index contributed by atoms with van der Waals surface area (Å²) in [5.41, 5.74) is 3.92. The molecule has 174 valence electrons. The quantitative estimate of drug-likeness (QED) is 0.291. The Morgan fingerprint density at radius 3 is 2.06 bits per heavy atom. The standard InChI is InChI=1S/C28H28ClN3OS/c29-28-30-19-25(34-28)21-33-26-14-8-7-13-24(26)20-31-15-17-32(18-16-31)27(22-9-3-1-4-10-22)23-11-5-2-6-12-23/h1-14,19,27H,15-18,20-21H2. The number of para-hydroxylation sites is 1. The number of ether oxygens (including phenoxy) is 1. The van der Waals surface area contributed by atoms with Crippen molar-refractivity contribution in [2.24, 2.45) is 0 Å². The zero-order valence-electron chi connectivity index (χ0n) is 19.0. The lowest BCUT2D eigenvalue weighted by Gasteiger charge is -2.40. The molecule has 4 nitrogen and oxygen atoms in total. The van der Waals surface area contributed by atoms with E-state index in [2.05, 4.69) is 93.6 Å². The number of nitrogens with zero attached hydrogens (tertiary/aromatic N) is 3. The third-order valence-corrected chi connectivity index (χ3v) is 7.35. The maximum Gasteiger partial charge on any atom is 0.183 e. The summed E-state index contributed by atoms with van der Waals surface area (Å²) in [4.78, 5) is 10.3. The summed E-state index contributed by atoms with van der Waals surface area (Å²) in [7, 11) is 0. The molecule has 0 aliphatic carbocycles. The first-order valence-corrected chi connectivity index (χ1v) is 12.8. The van der Waals surface area contributed by atoms with E-state index in [0.29, 0.717) is 11.1 Å². The topological polar surface area (TPSA) is 28.6 Å². The molecule has 34 heavy (non-hydrogen) atoms. The van der Waals surface area contributed by atoms with Gasteiger partial charge in [-0.15, -0.1) is 11.3 Å². The molecule has 0 saturated carbocycles. The van der Waals surface area contributed by atoms with Crippen LogP contribution in [0.1, 0.15) is 27.6 Å². The van der Waals surface area contributed by atoms with Crippen LogP contribution in [0.5, 0.6) is 5.75 Å². The van der Waals surface area contributed by atoms with E-state index in [-0.39, 0.29) is 6.04 Å². The summed E-state index contributed by atoms with van der Waals surface area (Å²) in [6.07, 6.45) is 1.78. The molecule has 0 unspecified atom stereocenters. The fraction of sp³-hybridized carbons (Fsp3) is 0.250. The van der Waals surface area contributed by atoms with Crippen LogP contribution in [0.2, 0.25) is 4.47 Å². The predicted octanol–water partition coefficient (Wildman–Crippen LogP) is 6.28. The van der Waals surface area contributed by atoms with Crippen molar-refractivity contribution in [2.75, 3.05) is 26.2 Å². The highest BCUT2D eigenvalue weighted by atomic mass is 35.5. The molecule has 4 aromatic rings. The van der Waals surface area contributed by atoms with Crippen LogP contribution in [0.15, 0.2) is 91.1 Å². The lowest BCUT2D eigenvalue weighted by Crippen LogP contribution is -2.47. The molecule has 1 aliphatic heterocycles. The highest BCUT2D eigenvalue weighted by Gasteiger charge is 2.26. The third kappa shape index (κ3) is 5.68. The number of hydrogen-bond donors (Lipinski definition) is 0. The number of thiazole rings is 1. The molecule has 1 fully saturated rings. The second kappa shape index (κ2) is 11.2. The van der Waals surface area contributed by atoms with E-state index >= 15 is 0 Å². The van der Waals surface area contributed by atoms with Crippen molar-refractivity contribution in [2.45, 2.75) is 19.2 Å². The van der Waals surface area contributed by atoms with Gasteiger partial charge in [0.15, 0.2) is 4.47 Å². The first kappa shape index (κ1) is 23.1. The van der Waals surface area contributed by atoms with Crippen LogP contribution in [-0.2, 0) is 13.2 Å². The molecule has 5 rings (SSSR count).